The van der Waals surface area contributed by atoms with E-state index in [0.717, 1.165) is 51.6 Å². The first-order valence-electron chi connectivity index (χ1n) is 9.44. The van der Waals surface area contributed by atoms with E-state index in [0.29, 0.717) is 11.1 Å². The van der Waals surface area contributed by atoms with Crippen molar-refractivity contribution in [2.24, 2.45) is 17.3 Å². The Kier molecular flexibility index (Phi) is 5.31. The zero-order valence-corrected chi connectivity index (χ0v) is 15.2. The fourth-order valence-corrected chi connectivity index (χ4v) is 4.50. The number of likely N-dealkylation sites (tertiary alicyclic amines) is 1. The fraction of sp³-hybridized carbons (Fsp3) is 0.571. The summed E-state index contributed by atoms with van der Waals surface area (Å²) in [4.78, 5) is 25.6. The van der Waals surface area contributed by atoms with Crippen LogP contribution in [0.1, 0.15) is 61.4 Å². The van der Waals surface area contributed by atoms with E-state index >= 15 is 0 Å². The van der Waals surface area contributed by atoms with Crippen LogP contribution in [0.5, 0.6) is 0 Å². The summed E-state index contributed by atoms with van der Waals surface area (Å²) in [5.74, 6) is -1.05. The van der Waals surface area contributed by atoms with Gasteiger partial charge in [0.15, 0.2) is 0 Å². The molecular formula is C21H25N2O3-. The molecule has 3 rings (SSSR count). The van der Waals surface area contributed by atoms with Gasteiger partial charge in [-0.2, -0.15) is 5.26 Å². The molecule has 26 heavy (non-hydrogen) atoms. The molecule has 1 saturated heterocycles. The molecular weight excluding hydrogens is 328 g/mol. The van der Waals surface area contributed by atoms with Gasteiger partial charge in [-0.15, -0.1) is 0 Å². The van der Waals surface area contributed by atoms with Gasteiger partial charge in [-0.3, -0.25) is 4.79 Å². The molecule has 2 fully saturated rings. The number of hydrogen-bond donors (Lipinski definition) is 0. The molecule has 1 amide bonds. The van der Waals surface area contributed by atoms with E-state index in [-0.39, 0.29) is 23.2 Å². The molecule has 0 bridgehead atoms. The highest BCUT2D eigenvalue weighted by molar-refractivity contribution is 5.94. The zero-order chi connectivity index (χ0) is 18.7. The Morgan fingerprint density at radius 3 is 2.23 bits per heavy atom. The maximum absolute atomic E-state index is 12.7. The Balaban J connectivity index is 1.55. The number of carbonyl (C=O) groups excluding carboxylic acids is 2. The van der Waals surface area contributed by atoms with Crippen molar-refractivity contribution < 1.29 is 14.7 Å². The van der Waals surface area contributed by atoms with Crippen molar-refractivity contribution in [2.45, 2.75) is 45.4 Å². The first-order valence-corrected chi connectivity index (χ1v) is 9.44. The molecule has 0 radical (unpaired) electrons. The van der Waals surface area contributed by atoms with Crippen molar-refractivity contribution in [1.82, 2.24) is 4.90 Å². The van der Waals surface area contributed by atoms with Crippen molar-refractivity contribution in [3.63, 3.8) is 0 Å². The Morgan fingerprint density at radius 1 is 1.15 bits per heavy atom. The van der Waals surface area contributed by atoms with Crippen LogP contribution in [-0.2, 0) is 4.79 Å². The van der Waals surface area contributed by atoms with E-state index in [2.05, 4.69) is 6.07 Å². The third-order valence-electron chi connectivity index (χ3n) is 6.54. The minimum atomic E-state index is -0.936. The van der Waals surface area contributed by atoms with Crippen LogP contribution in [0.4, 0.5) is 0 Å². The topological polar surface area (TPSA) is 84.2 Å². The highest BCUT2D eigenvalue weighted by atomic mass is 16.4. The average molecular weight is 353 g/mol. The van der Waals surface area contributed by atoms with Gasteiger partial charge in [0.2, 0.25) is 0 Å². The van der Waals surface area contributed by atoms with Crippen molar-refractivity contribution in [1.29, 1.82) is 5.26 Å². The molecule has 1 heterocycles. The highest BCUT2D eigenvalue weighted by Crippen LogP contribution is 2.47. The molecule has 138 valence electrons. The summed E-state index contributed by atoms with van der Waals surface area (Å²) in [6.45, 7) is 3.26. The quantitative estimate of drug-likeness (QED) is 0.835. The third-order valence-corrected chi connectivity index (χ3v) is 6.54. The fourth-order valence-electron chi connectivity index (χ4n) is 4.50. The molecule has 2 aliphatic rings. The molecule has 1 aliphatic heterocycles. The standard InChI is InChI=1S/C21H26N2O3/c1-15(20(25)26)17-6-8-21(9-7-17)10-12-23(13-11-21)19(24)18-4-2-16(14-22)3-5-18/h2-5,15,17H,6-13H2,1H3,(H,25,26)/p-1. The van der Waals surface area contributed by atoms with Gasteiger partial charge < -0.3 is 14.8 Å². The number of amides is 1. The van der Waals surface area contributed by atoms with E-state index < -0.39 is 5.97 Å². The highest BCUT2D eigenvalue weighted by Gasteiger charge is 2.40. The first-order chi connectivity index (χ1) is 12.4. The average Bonchev–Trinajstić information content (AvgIpc) is 2.68. The molecule has 1 aromatic carbocycles. The van der Waals surface area contributed by atoms with Crippen molar-refractivity contribution >= 4 is 11.9 Å². The maximum Gasteiger partial charge on any atom is 0.253 e. The van der Waals surface area contributed by atoms with Gasteiger partial charge in [-0.05, 0) is 80.0 Å². The van der Waals surface area contributed by atoms with E-state index in [1.165, 1.54) is 0 Å². The molecule has 1 saturated carbocycles. The summed E-state index contributed by atoms with van der Waals surface area (Å²) in [5, 5.41) is 19.9. The van der Waals surface area contributed by atoms with Crippen molar-refractivity contribution in [2.75, 3.05) is 13.1 Å². The van der Waals surface area contributed by atoms with E-state index in [9.17, 15) is 14.7 Å². The van der Waals surface area contributed by atoms with Gasteiger partial charge in [0, 0.05) is 24.6 Å². The summed E-state index contributed by atoms with van der Waals surface area (Å²) in [6.07, 6.45) is 5.96. The number of nitriles is 1. The lowest BCUT2D eigenvalue weighted by atomic mass is 9.63. The van der Waals surface area contributed by atoms with Gasteiger partial charge in [-0.1, -0.05) is 6.92 Å². The predicted octanol–water partition coefficient (Wildman–Crippen LogP) is 2.36. The maximum atomic E-state index is 12.7. The Bertz CT molecular complexity index is 702. The van der Waals surface area contributed by atoms with E-state index in [1.54, 1.807) is 31.2 Å². The minimum Gasteiger partial charge on any atom is -0.550 e. The summed E-state index contributed by atoms with van der Waals surface area (Å²) in [6, 6.07) is 8.86. The number of hydrogen-bond acceptors (Lipinski definition) is 4. The van der Waals surface area contributed by atoms with Crippen LogP contribution in [0.25, 0.3) is 0 Å². The molecule has 1 spiro atoms. The van der Waals surface area contributed by atoms with Crippen molar-refractivity contribution in [3.05, 3.63) is 35.4 Å². The molecule has 5 heteroatoms. The number of carboxylic acids is 1. The van der Waals surface area contributed by atoms with Gasteiger partial charge in [0.1, 0.15) is 0 Å². The zero-order valence-electron chi connectivity index (χ0n) is 15.2. The lowest BCUT2D eigenvalue weighted by Crippen LogP contribution is -2.45. The number of carboxylic acid groups (broad SMARTS) is 1. The van der Waals surface area contributed by atoms with Gasteiger partial charge >= 0.3 is 0 Å². The van der Waals surface area contributed by atoms with Crippen LogP contribution in [0.15, 0.2) is 24.3 Å². The predicted molar refractivity (Wildman–Crippen MR) is 94.9 cm³/mol. The van der Waals surface area contributed by atoms with Gasteiger partial charge in [0.05, 0.1) is 11.6 Å². The number of piperidine rings is 1. The number of rotatable bonds is 3. The molecule has 1 unspecified atom stereocenters. The normalized spacial score (nSPS) is 21.2. The first kappa shape index (κ1) is 18.4. The number of nitrogens with zero attached hydrogens (tertiary/aromatic N) is 2. The van der Waals surface area contributed by atoms with Crippen LogP contribution in [-0.4, -0.2) is 29.9 Å². The Hall–Kier alpha value is -2.35. The third kappa shape index (κ3) is 3.75. The second kappa shape index (κ2) is 7.49. The Morgan fingerprint density at radius 2 is 1.73 bits per heavy atom. The minimum absolute atomic E-state index is 0.0311. The smallest absolute Gasteiger partial charge is 0.253 e. The van der Waals surface area contributed by atoms with Crippen LogP contribution in [0.2, 0.25) is 0 Å². The molecule has 1 aliphatic carbocycles. The van der Waals surface area contributed by atoms with Crippen LogP contribution in [0, 0.1) is 28.6 Å². The largest absolute Gasteiger partial charge is 0.550 e. The van der Waals surface area contributed by atoms with Crippen LogP contribution >= 0.6 is 0 Å². The lowest BCUT2D eigenvalue weighted by molar-refractivity contribution is -0.313. The molecule has 0 N–H and O–H groups in total. The number of carbonyl (C=O) groups is 2. The second-order valence-corrected chi connectivity index (χ2v) is 7.93. The summed E-state index contributed by atoms with van der Waals surface area (Å²) < 4.78 is 0. The molecule has 1 aromatic rings. The SMILES string of the molecule is CC(C(=O)[O-])C1CCC2(CC1)CCN(C(=O)c1ccc(C#N)cc1)CC2. The summed E-state index contributed by atoms with van der Waals surface area (Å²) in [5.41, 5.74) is 1.46. The Labute approximate surface area is 154 Å². The number of aliphatic carboxylic acids is 1. The number of benzene rings is 1. The van der Waals surface area contributed by atoms with Crippen molar-refractivity contribution in [3.8, 4) is 6.07 Å². The molecule has 0 aromatic heterocycles. The molecule has 1 atom stereocenters. The van der Waals surface area contributed by atoms with E-state index in [4.69, 9.17) is 5.26 Å². The molecule has 5 nitrogen and oxygen atoms in total. The van der Waals surface area contributed by atoms with Crippen LogP contribution < -0.4 is 5.11 Å². The lowest BCUT2D eigenvalue weighted by Gasteiger charge is -2.47. The van der Waals surface area contributed by atoms with Gasteiger partial charge in [-0.25, -0.2) is 0 Å². The monoisotopic (exact) mass is 353 g/mol. The van der Waals surface area contributed by atoms with Gasteiger partial charge in [0.25, 0.3) is 5.91 Å². The summed E-state index contributed by atoms with van der Waals surface area (Å²) >= 11 is 0. The van der Waals surface area contributed by atoms with Crippen LogP contribution in [0.3, 0.4) is 0 Å². The summed E-state index contributed by atoms with van der Waals surface area (Å²) in [7, 11) is 0. The second-order valence-electron chi connectivity index (χ2n) is 7.93. The van der Waals surface area contributed by atoms with E-state index in [1.807, 2.05) is 4.90 Å².